The van der Waals surface area contributed by atoms with Crippen LogP contribution in [-0.4, -0.2) is 19.6 Å². The maximum absolute atomic E-state index is 13.1. The van der Waals surface area contributed by atoms with Gasteiger partial charge >= 0.3 is 6.18 Å². The first-order valence-corrected chi connectivity index (χ1v) is 7.77. The van der Waals surface area contributed by atoms with Gasteiger partial charge in [0.05, 0.1) is 24.1 Å². The highest BCUT2D eigenvalue weighted by atomic mass is 19.4. The lowest BCUT2D eigenvalue weighted by atomic mass is 10.0. The second-order valence-electron chi connectivity index (χ2n) is 5.67. The van der Waals surface area contributed by atoms with Gasteiger partial charge in [0.2, 0.25) is 0 Å². The van der Waals surface area contributed by atoms with Crippen molar-refractivity contribution in [2.45, 2.75) is 26.3 Å². The first-order chi connectivity index (χ1) is 12.4. The highest BCUT2D eigenvalue weighted by Crippen LogP contribution is 2.33. The van der Waals surface area contributed by atoms with Crippen LogP contribution in [0.5, 0.6) is 5.75 Å². The number of benzene rings is 1. The maximum Gasteiger partial charge on any atom is 0.416 e. The average Bonchev–Trinajstić information content (AvgIpc) is 3.09. The van der Waals surface area contributed by atoms with Gasteiger partial charge in [-0.25, -0.2) is 9.97 Å². The summed E-state index contributed by atoms with van der Waals surface area (Å²) in [5.74, 6) is 0.907. The lowest BCUT2D eigenvalue weighted by Gasteiger charge is -2.16. The number of alkyl halides is 3. The van der Waals surface area contributed by atoms with E-state index in [4.69, 9.17) is 9.84 Å². The van der Waals surface area contributed by atoms with Crippen LogP contribution in [-0.2, 0) is 19.4 Å². The minimum Gasteiger partial charge on any atom is -0.487 e. The standard InChI is InChI=1S/C18H16F3N3O2/c1-12-3-2-4-16(18(19,20)21)15(12)10-26-14-5-6-17(22-7-14)24-8-13(9-25)23-11-24/h2-8,11,25H,9-10H2,1H3. The Hall–Kier alpha value is -2.87. The first kappa shape index (κ1) is 17.9. The molecule has 3 aromatic rings. The van der Waals surface area contributed by atoms with Crippen LogP contribution in [0.4, 0.5) is 13.2 Å². The van der Waals surface area contributed by atoms with E-state index in [2.05, 4.69) is 9.97 Å². The summed E-state index contributed by atoms with van der Waals surface area (Å²) in [5.41, 5.74) is 0.425. The fourth-order valence-corrected chi connectivity index (χ4v) is 2.50. The van der Waals surface area contributed by atoms with Gasteiger partial charge in [-0.3, -0.25) is 4.57 Å². The van der Waals surface area contributed by atoms with Gasteiger partial charge in [0, 0.05) is 11.8 Å². The van der Waals surface area contributed by atoms with Crippen molar-refractivity contribution in [3.05, 3.63) is 71.4 Å². The fourth-order valence-electron chi connectivity index (χ4n) is 2.50. The van der Waals surface area contributed by atoms with Gasteiger partial charge in [0.25, 0.3) is 0 Å². The molecule has 0 atom stereocenters. The summed E-state index contributed by atoms with van der Waals surface area (Å²) in [7, 11) is 0. The Bertz CT molecular complexity index is 889. The number of hydrogen-bond donors (Lipinski definition) is 1. The van der Waals surface area contributed by atoms with Gasteiger partial charge in [-0.2, -0.15) is 13.2 Å². The van der Waals surface area contributed by atoms with Crippen LogP contribution >= 0.6 is 0 Å². The van der Waals surface area contributed by atoms with E-state index in [9.17, 15) is 13.2 Å². The number of aliphatic hydroxyl groups is 1. The van der Waals surface area contributed by atoms with Crippen LogP contribution in [0.1, 0.15) is 22.4 Å². The van der Waals surface area contributed by atoms with Crippen LogP contribution in [0.15, 0.2) is 49.1 Å². The number of nitrogens with zero attached hydrogens (tertiary/aromatic N) is 3. The van der Waals surface area contributed by atoms with Gasteiger partial charge in [-0.05, 0) is 30.7 Å². The minimum atomic E-state index is -4.43. The highest BCUT2D eigenvalue weighted by Gasteiger charge is 2.33. The van der Waals surface area contributed by atoms with E-state index in [1.54, 1.807) is 35.9 Å². The second kappa shape index (κ2) is 7.17. The average molecular weight is 363 g/mol. The smallest absolute Gasteiger partial charge is 0.416 e. The van der Waals surface area contributed by atoms with E-state index in [0.29, 0.717) is 22.8 Å². The van der Waals surface area contributed by atoms with Crippen molar-refractivity contribution in [1.29, 1.82) is 0 Å². The fraction of sp³-hybridized carbons (Fsp3) is 0.222. The predicted molar refractivity (Wildman–Crippen MR) is 87.8 cm³/mol. The van der Waals surface area contributed by atoms with Gasteiger partial charge in [-0.15, -0.1) is 0 Å². The van der Waals surface area contributed by atoms with E-state index in [1.165, 1.54) is 18.6 Å². The Kier molecular flexibility index (Phi) is 4.94. The number of aromatic nitrogens is 3. The van der Waals surface area contributed by atoms with Crippen molar-refractivity contribution in [2.75, 3.05) is 0 Å². The summed E-state index contributed by atoms with van der Waals surface area (Å²) in [4.78, 5) is 8.18. The summed E-state index contributed by atoms with van der Waals surface area (Å²) in [6, 6.07) is 7.31. The molecule has 0 aliphatic heterocycles. The molecule has 5 nitrogen and oxygen atoms in total. The van der Waals surface area contributed by atoms with E-state index in [-0.39, 0.29) is 18.8 Å². The molecule has 2 aromatic heterocycles. The number of rotatable bonds is 5. The molecule has 2 heterocycles. The molecule has 8 heteroatoms. The van der Waals surface area contributed by atoms with E-state index < -0.39 is 11.7 Å². The molecule has 0 saturated carbocycles. The normalized spacial score (nSPS) is 11.6. The molecular weight excluding hydrogens is 347 g/mol. The van der Waals surface area contributed by atoms with E-state index in [0.717, 1.165) is 6.07 Å². The van der Waals surface area contributed by atoms with Gasteiger partial charge in [0.15, 0.2) is 0 Å². The third kappa shape index (κ3) is 3.85. The van der Waals surface area contributed by atoms with Crippen molar-refractivity contribution in [3.63, 3.8) is 0 Å². The minimum absolute atomic E-state index is 0.103. The summed E-state index contributed by atoms with van der Waals surface area (Å²) in [6.07, 6.45) is 0.140. The van der Waals surface area contributed by atoms with Gasteiger partial charge < -0.3 is 9.84 Å². The van der Waals surface area contributed by atoms with E-state index in [1.807, 2.05) is 0 Å². The monoisotopic (exact) mass is 363 g/mol. The molecule has 0 radical (unpaired) electrons. The SMILES string of the molecule is Cc1cccc(C(F)(F)F)c1COc1ccc(-n2cnc(CO)c2)nc1. The third-order valence-corrected chi connectivity index (χ3v) is 3.88. The quantitative estimate of drug-likeness (QED) is 0.751. The number of aliphatic hydroxyl groups excluding tert-OH is 1. The molecule has 0 amide bonds. The molecule has 0 unspecified atom stereocenters. The lowest BCUT2D eigenvalue weighted by Crippen LogP contribution is -2.12. The lowest BCUT2D eigenvalue weighted by molar-refractivity contribution is -0.138. The van der Waals surface area contributed by atoms with Crippen molar-refractivity contribution < 1.29 is 23.0 Å². The van der Waals surface area contributed by atoms with Crippen molar-refractivity contribution in [2.24, 2.45) is 0 Å². The number of halogens is 3. The van der Waals surface area contributed by atoms with Crippen LogP contribution in [0.25, 0.3) is 5.82 Å². The number of ether oxygens (including phenoxy) is 1. The van der Waals surface area contributed by atoms with Crippen molar-refractivity contribution in [3.8, 4) is 11.6 Å². The van der Waals surface area contributed by atoms with Gasteiger partial charge in [0.1, 0.15) is 24.5 Å². The summed E-state index contributed by atoms with van der Waals surface area (Å²) in [6.45, 7) is 1.24. The van der Waals surface area contributed by atoms with E-state index >= 15 is 0 Å². The number of hydrogen-bond acceptors (Lipinski definition) is 4. The van der Waals surface area contributed by atoms with Crippen LogP contribution in [0.2, 0.25) is 0 Å². The Morgan fingerprint density at radius 1 is 1.15 bits per heavy atom. The number of aryl methyl sites for hydroxylation is 1. The molecule has 0 aliphatic carbocycles. The topological polar surface area (TPSA) is 60.2 Å². The zero-order valence-electron chi connectivity index (χ0n) is 13.9. The maximum atomic E-state index is 13.1. The molecule has 136 valence electrons. The number of imidazole rings is 1. The third-order valence-electron chi connectivity index (χ3n) is 3.88. The second-order valence-corrected chi connectivity index (χ2v) is 5.67. The molecule has 0 fully saturated rings. The molecule has 1 aromatic carbocycles. The van der Waals surface area contributed by atoms with Gasteiger partial charge in [-0.1, -0.05) is 12.1 Å². The first-order valence-electron chi connectivity index (χ1n) is 7.77. The molecule has 0 bridgehead atoms. The Labute approximate surface area is 147 Å². The molecule has 3 rings (SSSR count). The molecule has 0 saturated heterocycles. The van der Waals surface area contributed by atoms with Crippen LogP contribution in [0.3, 0.4) is 0 Å². The Morgan fingerprint density at radius 3 is 2.58 bits per heavy atom. The van der Waals surface area contributed by atoms with Crippen molar-refractivity contribution in [1.82, 2.24) is 14.5 Å². The summed E-state index contributed by atoms with van der Waals surface area (Å²) < 4.78 is 46.5. The van der Waals surface area contributed by atoms with Crippen molar-refractivity contribution >= 4 is 0 Å². The zero-order chi connectivity index (χ0) is 18.7. The molecular formula is C18H16F3N3O2. The zero-order valence-corrected chi connectivity index (χ0v) is 13.9. The predicted octanol–water partition coefficient (Wildman–Crippen LogP) is 3.67. The Morgan fingerprint density at radius 2 is 1.96 bits per heavy atom. The summed E-state index contributed by atoms with van der Waals surface area (Å²) >= 11 is 0. The Balaban J connectivity index is 1.75. The molecule has 0 spiro atoms. The largest absolute Gasteiger partial charge is 0.487 e. The van der Waals surface area contributed by atoms with Crippen LogP contribution in [0, 0.1) is 6.92 Å². The molecule has 26 heavy (non-hydrogen) atoms. The number of pyridine rings is 1. The molecule has 1 N–H and O–H groups in total. The van der Waals surface area contributed by atoms with Crippen LogP contribution < -0.4 is 4.74 Å². The summed E-state index contributed by atoms with van der Waals surface area (Å²) in [5, 5.41) is 9.03. The highest BCUT2D eigenvalue weighted by molar-refractivity contribution is 5.37. The molecule has 0 aliphatic rings.